The number of amides is 3. The van der Waals surface area contributed by atoms with Crippen molar-refractivity contribution in [2.45, 2.75) is 121 Å². The standard InChI is InChI=1S/C34H55F2N7O2/c1-5-29(44)41-13-14-42(21(4)19-41)32-25-17-27(36)31-24-16-23(10-11-26(24)35)37-12-8-6-7-9-22-15-28(30(20(2)3)38-18-22)43(33(25)39-31)34(45)40-32/h5-6,8,20-28,30-33,37-39H,1,7,9-19H2,2-4H3,(H,40,45)/t21-,22?,23?,24?,25?,26?,27?,28?,30?,31?,32?,33?/m0/s1. The van der Waals surface area contributed by atoms with Gasteiger partial charge in [0.1, 0.15) is 12.3 Å². The number of allylic oxidation sites excluding steroid dienone is 1. The van der Waals surface area contributed by atoms with Crippen molar-refractivity contribution in [2.75, 3.05) is 32.7 Å². The smallest absolute Gasteiger partial charge is 0.320 e. The molecule has 5 aliphatic heterocycles. The molecule has 0 radical (unpaired) electrons. The van der Waals surface area contributed by atoms with Crippen molar-refractivity contribution < 1.29 is 18.4 Å². The van der Waals surface area contributed by atoms with E-state index in [9.17, 15) is 9.59 Å². The lowest BCUT2D eigenvalue weighted by molar-refractivity contribution is -0.132. The Kier molecular flexibility index (Phi) is 10.2. The lowest BCUT2D eigenvalue weighted by Crippen LogP contribution is -2.79. The van der Waals surface area contributed by atoms with Crippen LogP contribution < -0.4 is 21.3 Å². The number of alkyl halides is 2. The van der Waals surface area contributed by atoms with Crippen LogP contribution in [0.2, 0.25) is 0 Å². The molecule has 0 aromatic heterocycles. The molecule has 3 amide bonds. The third-order valence-electron chi connectivity index (χ3n) is 11.8. The van der Waals surface area contributed by atoms with E-state index in [0.29, 0.717) is 44.3 Å². The number of nitrogens with zero attached hydrogens (tertiary/aromatic N) is 3. The molecule has 0 spiro atoms. The number of piperidine rings is 2. The Labute approximate surface area is 268 Å². The highest BCUT2D eigenvalue weighted by molar-refractivity contribution is 5.87. The number of hydrogen-bond acceptors (Lipinski definition) is 6. The fourth-order valence-electron chi connectivity index (χ4n) is 9.47. The van der Waals surface area contributed by atoms with Gasteiger partial charge in [0, 0.05) is 62.2 Å². The molecule has 12 atom stereocenters. The van der Waals surface area contributed by atoms with E-state index in [0.717, 1.165) is 38.8 Å². The van der Waals surface area contributed by atoms with Crippen molar-refractivity contribution in [1.29, 1.82) is 0 Å². The summed E-state index contributed by atoms with van der Waals surface area (Å²) in [5.74, 6) is -0.0736. The summed E-state index contributed by atoms with van der Waals surface area (Å²) in [7, 11) is 0. The summed E-state index contributed by atoms with van der Waals surface area (Å²) >= 11 is 0. The van der Waals surface area contributed by atoms with Gasteiger partial charge in [-0.15, -0.1) is 0 Å². The largest absolute Gasteiger partial charge is 0.336 e. The molecule has 9 nitrogen and oxygen atoms in total. The number of nitrogens with one attached hydrogen (secondary N) is 4. The van der Waals surface area contributed by atoms with Crippen molar-refractivity contribution in [3.8, 4) is 0 Å². The average molecular weight is 632 g/mol. The van der Waals surface area contributed by atoms with Crippen LogP contribution in [0.5, 0.6) is 0 Å². The molecule has 1 saturated carbocycles. The number of urea groups is 1. The van der Waals surface area contributed by atoms with E-state index < -0.39 is 30.5 Å². The van der Waals surface area contributed by atoms with Gasteiger partial charge in [-0.25, -0.2) is 13.6 Å². The molecule has 11 heteroatoms. The number of carbonyl (C=O) groups is 2. The van der Waals surface area contributed by atoms with E-state index in [1.54, 1.807) is 4.90 Å². The van der Waals surface area contributed by atoms with Gasteiger partial charge in [-0.1, -0.05) is 32.6 Å². The van der Waals surface area contributed by atoms with Gasteiger partial charge in [-0.2, -0.15) is 0 Å². The molecule has 4 N–H and O–H groups in total. The van der Waals surface area contributed by atoms with Crippen LogP contribution in [0.3, 0.4) is 0 Å². The summed E-state index contributed by atoms with van der Waals surface area (Å²) in [5, 5.41) is 14.4. The number of halogens is 2. The molecular formula is C34H55F2N7O2. The van der Waals surface area contributed by atoms with Gasteiger partial charge < -0.3 is 25.8 Å². The van der Waals surface area contributed by atoms with Crippen LogP contribution in [0.25, 0.3) is 0 Å². The van der Waals surface area contributed by atoms with Gasteiger partial charge >= 0.3 is 6.03 Å². The monoisotopic (exact) mass is 631 g/mol. The van der Waals surface area contributed by atoms with Gasteiger partial charge in [0.2, 0.25) is 5.91 Å². The minimum Gasteiger partial charge on any atom is -0.336 e. The SMILES string of the molecule is C=CC(=O)N1CCN(C2NC(=O)N3C4CC(CCC=CCNC5CCC(F)C(C5)C5NC3C2CC5F)CNC4C(C)C)[C@@H](C)C1. The highest BCUT2D eigenvalue weighted by Gasteiger charge is 2.56. The van der Waals surface area contributed by atoms with Gasteiger partial charge in [0.05, 0.1) is 18.4 Å². The second-order valence-corrected chi connectivity index (χ2v) is 14.9. The summed E-state index contributed by atoms with van der Waals surface area (Å²) in [6, 6.07) is -0.645. The first-order chi connectivity index (χ1) is 21.7. The molecule has 0 aromatic carbocycles. The van der Waals surface area contributed by atoms with Crippen molar-refractivity contribution >= 4 is 11.9 Å². The number of hydrogen-bond donors (Lipinski definition) is 4. The average Bonchev–Trinajstić information content (AvgIpc) is 3.02. The molecule has 0 aromatic rings. The van der Waals surface area contributed by atoms with E-state index >= 15 is 8.78 Å². The van der Waals surface area contributed by atoms with Crippen molar-refractivity contribution in [3.63, 3.8) is 0 Å². The van der Waals surface area contributed by atoms with Crippen LogP contribution in [0, 0.1) is 23.7 Å². The van der Waals surface area contributed by atoms with E-state index in [2.05, 4.69) is 65.7 Å². The molecule has 6 rings (SSSR count). The lowest BCUT2D eigenvalue weighted by atomic mass is 9.73. The van der Waals surface area contributed by atoms with Crippen molar-refractivity contribution in [3.05, 3.63) is 24.8 Å². The fraction of sp³-hybridized carbons (Fsp3) is 0.824. The third-order valence-corrected chi connectivity index (χ3v) is 11.8. The molecular weight excluding hydrogens is 576 g/mol. The van der Waals surface area contributed by atoms with Crippen LogP contribution >= 0.6 is 0 Å². The molecule has 252 valence electrons. The highest BCUT2D eigenvalue weighted by Crippen LogP contribution is 2.42. The fourth-order valence-corrected chi connectivity index (χ4v) is 9.47. The second kappa shape index (κ2) is 14.0. The van der Waals surface area contributed by atoms with Gasteiger partial charge in [-0.05, 0) is 76.3 Å². The second-order valence-electron chi connectivity index (χ2n) is 14.9. The van der Waals surface area contributed by atoms with Crippen LogP contribution in [0.4, 0.5) is 13.6 Å². The molecule has 6 aliphatic rings. The highest BCUT2D eigenvalue weighted by atomic mass is 19.1. The first kappa shape index (κ1) is 32.8. The predicted octanol–water partition coefficient (Wildman–Crippen LogP) is 3.15. The maximum atomic E-state index is 16.5. The van der Waals surface area contributed by atoms with Gasteiger partial charge in [-0.3, -0.25) is 15.0 Å². The molecule has 1 aliphatic carbocycles. The Morgan fingerprint density at radius 1 is 1.02 bits per heavy atom. The van der Waals surface area contributed by atoms with E-state index in [4.69, 9.17) is 0 Å². The number of fused-ring (bicyclic) bond motifs is 7. The van der Waals surface area contributed by atoms with Crippen LogP contribution in [0.15, 0.2) is 24.8 Å². The Bertz CT molecular complexity index is 1110. The molecule has 4 saturated heterocycles. The summed E-state index contributed by atoms with van der Waals surface area (Å²) in [6.07, 6.45) is 7.56. The first-order valence-corrected chi connectivity index (χ1v) is 17.6. The zero-order valence-corrected chi connectivity index (χ0v) is 27.3. The summed E-state index contributed by atoms with van der Waals surface area (Å²) in [5.41, 5.74) is 0. The normalized spacial score (nSPS) is 43.1. The van der Waals surface area contributed by atoms with Gasteiger partial charge in [0.25, 0.3) is 0 Å². The summed E-state index contributed by atoms with van der Waals surface area (Å²) in [6.45, 7) is 13.4. The Morgan fingerprint density at radius 2 is 1.84 bits per heavy atom. The first-order valence-electron chi connectivity index (χ1n) is 17.6. The zero-order valence-electron chi connectivity index (χ0n) is 27.3. The zero-order chi connectivity index (χ0) is 31.8. The van der Waals surface area contributed by atoms with Crippen molar-refractivity contribution in [1.82, 2.24) is 36.0 Å². The van der Waals surface area contributed by atoms with Crippen LogP contribution in [0.1, 0.15) is 65.7 Å². The molecule has 45 heavy (non-hydrogen) atoms. The lowest BCUT2D eigenvalue weighted by Gasteiger charge is -2.59. The van der Waals surface area contributed by atoms with Crippen LogP contribution in [-0.2, 0) is 4.79 Å². The third kappa shape index (κ3) is 6.69. The predicted molar refractivity (Wildman–Crippen MR) is 172 cm³/mol. The number of rotatable bonds is 3. The topological polar surface area (TPSA) is 92.0 Å². The number of carbonyl (C=O) groups excluding carboxylic acids is 2. The molecule has 11 unspecified atom stereocenters. The molecule has 6 bridgehead atoms. The minimum absolute atomic E-state index is 0.0286. The Morgan fingerprint density at radius 3 is 2.60 bits per heavy atom. The maximum Gasteiger partial charge on any atom is 0.320 e. The van der Waals surface area contributed by atoms with Crippen LogP contribution in [-0.4, -0.2) is 114 Å². The van der Waals surface area contributed by atoms with Gasteiger partial charge in [0.15, 0.2) is 0 Å². The quantitative estimate of drug-likeness (QED) is 0.283. The van der Waals surface area contributed by atoms with E-state index in [-0.39, 0.29) is 54.6 Å². The summed E-state index contributed by atoms with van der Waals surface area (Å²) in [4.78, 5) is 32.8. The Balaban J connectivity index is 1.35. The summed E-state index contributed by atoms with van der Waals surface area (Å²) < 4.78 is 32.2. The number of piperazine rings is 1. The van der Waals surface area contributed by atoms with Crippen molar-refractivity contribution in [2.24, 2.45) is 23.7 Å². The van der Waals surface area contributed by atoms with E-state index in [1.165, 1.54) is 6.08 Å². The Hall–Kier alpha value is -2.08. The molecule has 5 heterocycles. The minimum atomic E-state index is -1.23. The maximum absolute atomic E-state index is 16.5. The molecule has 5 fully saturated rings. The van der Waals surface area contributed by atoms with E-state index in [1.807, 2.05) is 4.90 Å².